The minimum atomic E-state index is -0.0829. The van der Waals surface area contributed by atoms with Gasteiger partial charge in [-0.3, -0.25) is 0 Å². The Morgan fingerprint density at radius 2 is 2.00 bits per heavy atom. The SMILES string of the molecule is Cl.NC(Cc1nc(CC2CC2)no1)c1ccccc1. The van der Waals surface area contributed by atoms with E-state index in [1.165, 1.54) is 12.8 Å². The molecule has 1 aliphatic carbocycles. The van der Waals surface area contributed by atoms with Gasteiger partial charge in [-0.2, -0.15) is 4.98 Å². The molecule has 1 saturated carbocycles. The molecular weight excluding hydrogens is 262 g/mol. The van der Waals surface area contributed by atoms with E-state index in [2.05, 4.69) is 10.1 Å². The van der Waals surface area contributed by atoms with E-state index in [-0.39, 0.29) is 18.4 Å². The first-order valence-electron chi connectivity index (χ1n) is 6.43. The zero-order valence-electron chi connectivity index (χ0n) is 10.7. The summed E-state index contributed by atoms with van der Waals surface area (Å²) in [6.45, 7) is 0. The molecule has 0 amide bonds. The van der Waals surface area contributed by atoms with Crippen LogP contribution in [0.5, 0.6) is 0 Å². The van der Waals surface area contributed by atoms with Crippen molar-refractivity contribution in [1.29, 1.82) is 0 Å². The monoisotopic (exact) mass is 279 g/mol. The maximum Gasteiger partial charge on any atom is 0.228 e. The average Bonchev–Trinajstić information content (AvgIpc) is 3.10. The average molecular weight is 280 g/mol. The highest BCUT2D eigenvalue weighted by molar-refractivity contribution is 5.85. The standard InChI is InChI=1S/C14H17N3O.ClH/c15-12(11-4-2-1-3-5-11)9-14-16-13(17-18-14)8-10-6-7-10;/h1-5,10,12H,6-9,15H2;1H. The fraction of sp³-hybridized carbons (Fsp3) is 0.429. The molecule has 2 N–H and O–H groups in total. The molecule has 0 spiro atoms. The molecule has 1 fully saturated rings. The van der Waals surface area contributed by atoms with Crippen molar-refractivity contribution in [3.8, 4) is 0 Å². The molecule has 1 aliphatic rings. The van der Waals surface area contributed by atoms with Crippen molar-refractivity contribution in [2.75, 3.05) is 0 Å². The fourth-order valence-corrected chi connectivity index (χ4v) is 2.04. The number of hydrogen-bond acceptors (Lipinski definition) is 4. The Bertz CT molecular complexity index is 510. The first-order chi connectivity index (χ1) is 8.81. The number of halogens is 1. The van der Waals surface area contributed by atoms with Gasteiger partial charge in [0.2, 0.25) is 5.89 Å². The number of hydrogen-bond donors (Lipinski definition) is 1. The number of benzene rings is 1. The van der Waals surface area contributed by atoms with Crippen LogP contribution in [0.25, 0.3) is 0 Å². The van der Waals surface area contributed by atoms with Crippen molar-refractivity contribution in [2.24, 2.45) is 11.7 Å². The summed E-state index contributed by atoms with van der Waals surface area (Å²) in [5.41, 5.74) is 7.22. The Morgan fingerprint density at radius 1 is 1.26 bits per heavy atom. The summed E-state index contributed by atoms with van der Waals surface area (Å²) in [6, 6.07) is 9.92. The van der Waals surface area contributed by atoms with Crippen LogP contribution < -0.4 is 5.73 Å². The summed E-state index contributed by atoms with van der Waals surface area (Å²) in [6.07, 6.45) is 4.15. The van der Waals surface area contributed by atoms with Gasteiger partial charge in [0.1, 0.15) is 0 Å². The van der Waals surface area contributed by atoms with Crippen molar-refractivity contribution in [1.82, 2.24) is 10.1 Å². The van der Waals surface area contributed by atoms with Crippen molar-refractivity contribution in [2.45, 2.75) is 31.7 Å². The van der Waals surface area contributed by atoms with E-state index in [0.717, 1.165) is 23.7 Å². The van der Waals surface area contributed by atoms with E-state index < -0.39 is 0 Å². The summed E-state index contributed by atoms with van der Waals surface area (Å²) >= 11 is 0. The van der Waals surface area contributed by atoms with Gasteiger partial charge in [0.15, 0.2) is 5.82 Å². The van der Waals surface area contributed by atoms with E-state index in [4.69, 9.17) is 10.3 Å². The molecule has 0 radical (unpaired) electrons. The van der Waals surface area contributed by atoms with Crippen LogP contribution in [-0.2, 0) is 12.8 Å². The van der Waals surface area contributed by atoms with E-state index in [9.17, 15) is 0 Å². The third-order valence-electron chi connectivity index (χ3n) is 3.30. The highest BCUT2D eigenvalue weighted by atomic mass is 35.5. The molecule has 1 aromatic heterocycles. The number of aromatic nitrogens is 2. The van der Waals surface area contributed by atoms with Crippen LogP contribution >= 0.6 is 12.4 Å². The van der Waals surface area contributed by atoms with Crippen molar-refractivity contribution in [3.05, 3.63) is 47.6 Å². The van der Waals surface area contributed by atoms with Crippen LogP contribution in [0.3, 0.4) is 0 Å². The lowest BCUT2D eigenvalue weighted by molar-refractivity contribution is 0.364. The molecule has 4 nitrogen and oxygen atoms in total. The fourth-order valence-electron chi connectivity index (χ4n) is 2.04. The van der Waals surface area contributed by atoms with Gasteiger partial charge in [-0.05, 0) is 24.3 Å². The molecule has 19 heavy (non-hydrogen) atoms. The zero-order valence-corrected chi connectivity index (χ0v) is 11.5. The molecule has 5 heteroatoms. The molecule has 3 rings (SSSR count). The quantitative estimate of drug-likeness (QED) is 0.914. The topological polar surface area (TPSA) is 64.9 Å². The molecule has 0 saturated heterocycles. The highest BCUT2D eigenvalue weighted by Gasteiger charge is 2.24. The smallest absolute Gasteiger partial charge is 0.228 e. The Labute approximate surface area is 118 Å². The number of nitrogens with two attached hydrogens (primary N) is 1. The molecule has 0 aliphatic heterocycles. The Hall–Kier alpha value is -1.39. The number of nitrogens with zero attached hydrogens (tertiary/aromatic N) is 2. The van der Waals surface area contributed by atoms with Crippen molar-refractivity contribution < 1.29 is 4.52 Å². The van der Waals surface area contributed by atoms with E-state index in [0.29, 0.717) is 12.3 Å². The molecule has 1 aromatic carbocycles. The van der Waals surface area contributed by atoms with Gasteiger partial charge < -0.3 is 10.3 Å². The van der Waals surface area contributed by atoms with Gasteiger partial charge in [-0.15, -0.1) is 12.4 Å². The van der Waals surface area contributed by atoms with Crippen LogP contribution in [0.15, 0.2) is 34.9 Å². The molecule has 2 aromatic rings. The third-order valence-corrected chi connectivity index (χ3v) is 3.30. The lowest BCUT2D eigenvalue weighted by atomic mass is 10.1. The normalized spacial score (nSPS) is 15.8. The molecule has 1 heterocycles. The van der Waals surface area contributed by atoms with Gasteiger partial charge in [0.25, 0.3) is 0 Å². The van der Waals surface area contributed by atoms with Gasteiger partial charge in [-0.1, -0.05) is 35.5 Å². The van der Waals surface area contributed by atoms with Gasteiger partial charge in [-0.25, -0.2) is 0 Å². The second-order valence-corrected chi connectivity index (χ2v) is 4.97. The Morgan fingerprint density at radius 3 is 2.68 bits per heavy atom. The first-order valence-corrected chi connectivity index (χ1v) is 6.43. The second-order valence-electron chi connectivity index (χ2n) is 4.97. The third kappa shape index (κ3) is 3.78. The minimum Gasteiger partial charge on any atom is -0.339 e. The number of rotatable bonds is 5. The van der Waals surface area contributed by atoms with Crippen LogP contribution in [-0.4, -0.2) is 10.1 Å². The first kappa shape index (κ1) is 14.0. The summed E-state index contributed by atoms with van der Waals surface area (Å²) in [7, 11) is 0. The molecule has 1 unspecified atom stereocenters. The van der Waals surface area contributed by atoms with Crippen LogP contribution in [0.1, 0.15) is 36.2 Å². The lowest BCUT2D eigenvalue weighted by Gasteiger charge is -2.08. The van der Waals surface area contributed by atoms with Gasteiger partial charge >= 0.3 is 0 Å². The Kier molecular flexibility index (Phi) is 4.56. The van der Waals surface area contributed by atoms with E-state index in [1.807, 2.05) is 30.3 Å². The Balaban J connectivity index is 0.00000133. The summed E-state index contributed by atoms with van der Waals surface area (Å²) in [5.74, 6) is 2.24. The maximum atomic E-state index is 6.12. The van der Waals surface area contributed by atoms with Crippen LogP contribution in [0, 0.1) is 5.92 Å². The zero-order chi connectivity index (χ0) is 12.4. The molecule has 0 bridgehead atoms. The highest BCUT2D eigenvalue weighted by Crippen LogP contribution is 2.31. The van der Waals surface area contributed by atoms with Gasteiger partial charge in [0, 0.05) is 18.9 Å². The van der Waals surface area contributed by atoms with Crippen molar-refractivity contribution >= 4 is 12.4 Å². The van der Waals surface area contributed by atoms with E-state index in [1.54, 1.807) is 0 Å². The molecule has 102 valence electrons. The van der Waals surface area contributed by atoms with Gasteiger partial charge in [0.05, 0.1) is 0 Å². The minimum absolute atomic E-state index is 0. The maximum absolute atomic E-state index is 6.12. The lowest BCUT2D eigenvalue weighted by Crippen LogP contribution is -2.13. The summed E-state index contributed by atoms with van der Waals surface area (Å²) in [4.78, 5) is 4.40. The van der Waals surface area contributed by atoms with E-state index >= 15 is 0 Å². The largest absolute Gasteiger partial charge is 0.339 e. The predicted molar refractivity (Wildman–Crippen MR) is 75.0 cm³/mol. The summed E-state index contributed by atoms with van der Waals surface area (Å²) < 4.78 is 5.24. The van der Waals surface area contributed by atoms with Crippen molar-refractivity contribution in [3.63, 3.8) is 0 Å². The summed E-state index contributed by atoms with van der Waals surface area (Å²) in [5, 5.41) is 4.00. The van der Waals surface area contributed by atoms with Crippen LogP contribution in [0.2, 0.25) is 0 Å². The molecular formula is C14H18ClN3O. The molecule has 1 atom stereocenters. The second kappa shape index (κ2) is 6.17. The predicted octanol–water partition coefficient (Wildman–Crippen LogP) is 2.69. The van der Waals surface area contributed by atoms with Crippen LogP contribution in [0.4, 0.5) is 0 Å².